The molecule has 1 aromatic heterocycles. The number of nitrogen functional groups attached to an aromatic ring is 1. The van der Waals surface area contributed by atoms with Gasteiger partial charge in [-0.2, -0.15) is 0 Å². The average Bonchev–Trinajstić information content (AvgIpc) is 2.38. The van der Waals surface area contributed by atoms with Crippen LogP contribution < -0.4 is 11.3 Å². The van der Waals surface area contributed by atoms with Crippen molar-refractivity contribution in [3.63, 3.8) is 0 Å². The van der Waals surface area contributed by atoms with Crippen LogP contribution in [-0.4, -0.2) is 40.3 Å². The number of thioether (sulfide) groups is 1. The number of rotatable bonds is 7. The lowest BCUT2D eigenvalue weighted by atomic mass is 10.3. The number of anilines is 1. The van der Waals surface area contributed by atoms with E-state index in [2.05, 4.69) is 34.1 Å². The minimum Gasteiger partial charge on any atom is -0.308 e. The van der Waals surface area contributed by atoms with Gasteiger partial charge in [-0.1, -0.05) is 13.8 Å². The van der Waals surface area contributed by atoms with Crippen molar-refractivity contribution in [1.82, 2.24) is 14.9 Å². The van der Waals surface area contributed by atoms with Gasteiger partial charge >= 0.3 is 0 Å². The third-order valence-electron chi connectivity index (χ3n) is 2.89. The van der Waals surface area contributed by atoms with E-state index >= 15 is 0 Å². The molecule has 3 N–H and O–H groups in total. The molecule has 0 aromatic carbocycles. The highest BCUT2D eigenvalue weighted by Crippen LogP contribution is 2.24. The highest BCUT2D eigenvalue weighted by atomic mass is 32.2. The van der Waals surface area contributed by atoms with E-state index in [-0.39, 0.29) is 0 Å². The van der Waals surface area contributed by atoms with E-state index in [4.69, 9.17) is 5.84 Å². The summed E-state index contributed by atoms with van der Waals surface area (Å²) in [5, 5.41) is 1.02. The molecular formula is C12H23N5S. The predicted molar refractivity (Wildman–Crippen MR) is 77.8 cm³/mol. The van der Waals surface area contributed by atoms with Crippen LogP contribution in [0.4, 0.5) is 5.82 Å². The maximum atomic E-state index is 5.45. The summed E-state index contributed by atoms with van der Waals surface area (Å²) in [6, 6.07) is 0. The van der Waals surface area contributed by atoms with Crippen molar-refractivity contribution in [3.8, 4) is 0 Å². The Kier molecular flexibility index (Phi) is 6.38. The topological polar surface area (TPSA) is 67.1 Å². The van der Waals surface area contributed by atoms with Crippen molar-refractivity contribution in [3.05, 3.63) is 11.4 Å². The molecule has 0 aliphatic heterocycles. The molecule has 1 aromatic rings. The van der Waals surface area contributed by atoms with E-state index in [0.29, 0.717) is 5.82 Å². The molecule has 0 saturated carbocycles. The first-order valence-electron chi connectivity index (χ1n) is 6.29. The molecular weight excluding hydrogens is 246 g/mol. The molecule has 1 rings (SSSR count). The second-order valence-electron chi connectivity index (χ2n) is 4.07. The van der Waals surface area contributed by atoms with Gasteiger partial charge in [0.25, 0.3) is 0 Å². The van der Waals surface area contributed by atoms with Crippen molar-refractivity contribution in [2.24, 2.45) is 5.84 Å². The number of hydrogen-bond acceptors (Lipinski definition) is 6. The van der Waals surface area contributed by atoms with E-state index in [0.717, 1.165) is 41.8 Å². The quantitative estimate of drug-likeness (QED) is 0.341. The summed E-state index contributed by atoms with van der Waals surface area (Å²) < 4.78 is 0. The molecule has 0 unspecified atom stereocenters. The van der Waals surface area contributed by atoms with Gasteiger partial charge in [0.1, 0.15) is 16.7 Å². The number of aromatic nitrogens is 2. The van der Waals surface area contributed by atoms with Crippen molar-refractivity contribution < 1.29 is 0 Å². The number of aryl methyl sites for hydroxylation is 1. The van der Waals surface area contributed by atoms with Crippen molar-refractivity contribution in [1.29, 1.82) is 0 Å². The van der Waals surface area contributed by atoms with Crippen LogP contribution in [0, 0.1) is 13.8 Å². The second kappa shape index (κ2) is 7.56. The Labute approximate surface area is 114 Å². The van der Waals surface area contributed by atoms with Crippen LogP contribution >= 0.6 is 11.8 Å². The van der Waals surface area contributed by atoms with E-state index in [1.165, 1.54) is 0 Å². The number of nitrogens with two attached hydrogens (primary N) is 1. The Morgan fingerprint density at radius 1 is 1.22 bits per heavy atom. The van der Waals surface area contributed by atoms with E-state index in [1.54, 1.807) is 11.8 Å². The van der Waals surface area contributed by atoms with Gasteiger partial charge in [0.2, 0.25) is 0 Å². The van der Waals surface area contributed by atoms with Gasteiger partial charge in [0.05, 0.1) is 0 Å². The Bertz CT molecular complexity index is 379. The van der Waals surface area contributed by atoms with E-state index in [9.17, 15) is 0 Å². The van der Waals surface area contributed by atoms with Crippen molar-refractivity contribution >= 4 is 17.6 Å². The van der Waals surface area contributed by atoms with Gasteiger partial charge in [0, 0.05) is 17.9 Å². The molecule has 0 aliphatic rings. The van der Waals surface area contributed by atoms with Gasteiger partial charge in [-0.15, -0.1) is 11.8 Å². The summed E-state index contributed by atoms with van der Waals surface area (Å²) in [4.78, 5) is 11.1. The number of hydrazine groups is 1. The zero-order valence-corrected chi connectivity index (χ0v) is 12.5. The lowest BCUT2D eigenvalue weighted by molar-refractivity contribution is 0.324. The second-order valence-corrected chi connectivity index (χ2v) is 5.15. The van der Waals surface area contributed by atoms with E-state index in [1.807, 2.05) is 13.8 Å². The Morgan fingerprint density at radius 2 is 1.89 bits per heavy atom. The number of nitrogens with one attached hydrogen (secondary N) is 1. The fourth-order valence-corrected chi connectivity index (χ4v) is 2.75. The molecule has 0 aliphatic carbocycles. The lowest BCUT2D eigenvalue weighted by Crippen LogP contribution is -2.25. The van der Waals surface area contributed by atoms with Crippen LogP contribution in [0.15, 0.2) is 5.03 Å². The van der Waals surface area contributed by atoms with Gasteiger partial charge in [-0.25, -0.2) is 15.8 Å². The fraction of sp³-hybridized carbons (Fsp3) is 0.667. The van der Waals surface area contributed by atoms with Gasteiger partial charge < -0.3 is 10.3 Å². The zero-order chi connectivity index (χ0) is 13.5. The molecule has 102 valence electrons. The molecule has 5 nitrogen and oxygen atoms in total. The van der Waals surface area contributed by atoms with E-state index < -0.39 is 0 Å². The average molecular weight is 269 g/mol. The zero-order valence-electron chi connectivity index (χ0n) is 11.7. The molecule has 0 bridgehead atoms. The van der Waals surface area contributed by atoms with Crippen molar-refractivity contribution in [2.75, 3.05) is 30.8 Å². The van der Waals surface area contributed by atoms with Gasteiger partial charge in [-0.3, -0.25) is 0 Å². The van der Waals surface area contributed by atoms with Crippen LogP contribution in [0.1, 0.15) is 25.2 Å². The lowest BCUT2D eigenvalue weighted by Gasteiger charge is -2.17. The van der Waals surface area contributed by atoms with Gasteiger partial charge in [-0.05, 0) is 26.9 Å². The molecule has 1 heterocycles. The molecule has 0 atom stereocenters. The highest BCUT2D eigenvalue weighted by molar-refractivity contribution is 7.99. The molecule has 18 heavy (non-hydrogen) atoms. The Balaban J connectivity index is 2.64. The van der Waals surface area contributed by atoms with Crippen LogP contribution in [0.5, 0.6) is 0 Å². The van der Waals surface area contributed by atoms with Crippen molar-refractivity contribution in [2.45, 2.75) is 32.7 Å². The summed E-state index contributed by atoms with van der Waals surface area (Å²) in [6.45, 7) is 11.5. The van der Waals surface area contributed by atoms with Crippen LogP contribution in [0.3, 0.4) is 0 Å². The SMILES string of the molecule is CCN(CC)CCSc1nc(C)nc(NN)c1C. The fourth-order valence-electron chi connectivity index (χ4n) is 1.70. The highest BCUT2D eigenvalue weighted by Gasteiger charge is 2.09. The normalized spacial score (nSPS) is 11.0. The first-order valence-corrected chi connectivity index (χ1v) is 7.27. The summed E-state index contributed by atoms with van der Waals surface area (Å²) in [5.41, 5.74) is 3.64. The Morgan fingerprint density at radius 3 is 2.44 bits per heavy atom. The largest absolute Gasteiger partial charge is 0.308 e. The Hall–Kier alpha value is -0.850. The number of hydrogen-bond donors (Lipinski definition) is 2. The summed E-state index contributed by atoms with van der Waals surface area (Å²) in [5.74, 6) is 7.95. The monoisotopic (exact) mass is 269 g/mol. The maximum absolute atomic E-state index is 5.45. The van der Waals surface area contributed by atoms with Gasteiger partial charge in [0.15, 0.2) is 0 Å². The third kappa shape index (κ3) is 4.12. The molecule has 0 saturated heterocycles. The first kappa shape index (κ1) is 15.2. The minimum absolute atomic E-state index is 0.716. The maximum Gasteiger partial charge on any atom is 0.147 e. The van der Waals surface area contributed by atoms with Crippen LogP contribution in [0.25, 0.3) is 0 Å². The van der Waals surface area contributed by atoms with Crippen LogP contribution in [0.2, 0.25) is 0 Å². The van der Waals surface area contributed by atoms with Crippen LogP contribution in [-0.2, 0) is 0 Å². The number of nitrogens with zero attached hydrogens (tertiary/aromatic N) is 3. The molecule has 0 spiro atoms. The minimum atomic E-state index is 0.716. The standard InChI is InChI=1S/C12H23N5S/c1-5-17(6-2)7-8-18-12-9(3)11(16-13)14-10(4)15-12/h5-8,13H2,1-4H3,(H,14,15,16). The molecule has 0 radical (unpaired) electrons. The summed E-state index contributed by atoms with van der Waals surface area (Å²) >= 11 is 1.76. The molecule has 0 amide bonds. The molecule has 0 fully saturated rings. The smallest absolute Gasteiger partial charge is 0.147 e. The third-order valence-corrected chi connectivity index (χ3v) is 3.95. The first-order chi connectivity index (χ1) is 8.62. The summed E-state index contributed by atoms with van der Waals surface area (Å²) in [6.07, 6.45) is 0. The molecule has 6 heteroatoms. The predicted octanol–water partition coefficient (Wildman–Crippen LogP) is 1.81. The summed E-state index contributed by atoms with van der Waals surface area (Å²) in [7, 11) is 0.